The molecule has 0 aliphatic carbocycles. The number of carbonyl (C=O) groups is 3. The summed E-state index contributed by atoms with van der Waals surface area (Å²) >= 11 is 0. The van der Waals surface area contributed by atoms with Crippen LogP contribution in [0.4, 0.5) is 15.8 Å². The smallest absolute Gasteiger partial charge is 0.341 e. The van der Waals surface area contributed by atoms with Crippen molar-refractivity contribution in [2.24, 2.45) is 0 Å². The van der Waals surface area contributed by atoms with E-state index in [1.165, 1.54) is 23.1 Å². The first kappa shape index (κ1) is 17.6. The summed E-state index contributed by atoms with van der Waals surface area (Å²) in [4.78, 5) is 38.4. The zero-order valence-corrected chi connectivity index (χ0v) is 14.3. The third-order valence-electron chi connectivity index (χ3n) is 4.18. The van der Waals surface area contributed by atoms with Gasteiger partial charge in [-0.05, 0) is 38.1 Å². The standard InChI is InChI=1S/C19H17FN2O4/c1-19(2)18(25)21-14-9-5-6-10-15(14)22(19)16(23)11-26-17(24)12-7-3-4-8-13(12)20/h3-10H,11H2,1-2H3,(H,21,25). The third kappa shape index (κ3) is 3.03. The number of para-hydroxylation sites is 2. The number of fused-ring (bicyclic) bond motifs is 1. The van der Waals surface area contributed by atoms with Crippen LogP contribution < -0.4 is 10.2 Å². The SMILES string of the molecule is CC1(C)C(=O)Nc2ccccc2N1C(=O)COC(=O)c1ccccc1F. The zero-order valence-electron chi connectivity index (χ0n) is 14.3. The van der Waals surface area contributed by atoms with E-state index in [4.69, 9.17) is 4.74 Å². The summed E-state index contributed by atoms with van der Waals surface area (Å²) in [6.07, 6.45) is 0. The number of ether oxygens (including phenoxy) is 1. The Morgan fingerprint density at radius 3 is 2.50 bits per heavy atom. The number of nitrogens with one attached hydrogen (secondary N) is 1. The van der Waals surface area contributed by atoms with E-state index in [0.717, 1.165) is 6.07 Å². The Kier molecular flexibility index (Phi) is 4.46. The molecular formula is C19H17FN2O4. The molecule has 2 aromatic carbocycles. The molecule has 1 N–H and O–H groups in total. The first-order valence-electron chi connectivity index (χ1n) is 7.97. The van der Waals surface area contributed by atoms with Crippen LogP contribution in [0.25, 0.3) is 0 Å². The monoisotopic (exact) mass is 356 g/mol. The van der Waals surface area contributed by atoms with Gasteiger partial charge in [-0.3, -0.25) is 14.5 Å². The van der Waals surface area contributed by atoms with Gasteiger partial charge in [0.05, 0.1) is 16.9 Å². The van der Waals surface area contributed by atoms with Crippen molar-refractivity contribution in [2.45, 2.75) is 19.4 Å². The van der Waals surface area contributed by atoms with Gasteiger partial charge in [-0.15, -0.1) is 0 Å². The molecule has 0 unspecified atom stereocenters. The van der Waals surface area contributed by atoms with Gasteiger partial charge in [-0.25, -0.2) is 9.18 Å². The molecule has 0 aromatic heterocycles. The molecule has 0 radical (unpaired) electrons. The number of anilines is 2. The van der Waals surface area contributed by atoms with Crippen LogP contribution in [0.3, 0.4) is 0 Å². The van der Waals surface area contributed by atoms with Crippen LogP contribution in [-0.2, 0) is 14.3 Å². The molecule has 1 aliphatic rings. The van der Waals surface area contributed by atoms with Gasteiger partial charge in [-0.2, -0.15) is 0 Å². The van der Waals surface area contributed by atoms with Gasteiger partial charge in [-0.1, -0.05) is 24.3 Å². The van der Waals surface area contributed by atoms with E-state index in [-0.39, 0.29) is 11.5 Å². The van der Waals surface area contributed by atoms with Gasteiger partial charge < -0.3 is 10.1 Å². The Balaban J connectivity index is 1.82. The van der Waals surface area contributed by atoms with Gasteiger partial charge >= 0.3 is 5.97 Å². The van der Waals surface area contributed by atoms with Crippen molar-refractivity contribution in [1.29, 1.82) is 0 Å². The molecule has 1 heterocycles. The van der Waals surface area contributed by atoms with E-state index >= 15 is 0 Å². The van der Waals surface area contributed by atoms with Crippen LogP contribution in [0.5, 0.6) is 0 Å². The Morgan fingerprint density at radius 1 is 1.12 bits per heavy atom. The minimum absolute atomic E-state index is 0.253. The molecule has 0 spiro atoms. The van der Waals surface area contributed by atoms with Crippen LogP contribution >= 0.6 is 0 Å². The molecule has 2 aromatic rings. The van der Waals surface area contributed by atoms with Crippen LogP contribution in [-0.4, -0.2) is 29.9 Å². The topological polar surface area (TPSA) is 75.7 Å². The Labute approximate surface area is 149 Å². The number of hydrogen-bond acceptors (Lipinski definition) is 4. The minimum atomic E-state index is -1.17. The number of rotatable bonds is 3. The lowest BCUT2D eigenvalue weighted by Crippen LogP contribution is -2.59. The largest absolute Gasteiger partial charge is 0.452 e. The third-order valence-corrected chi connectivity index (χ3v) is 4.18. The molecule has 0 atom stereocenters. The summed E-state index contributed by atoms with van der Waals surface area (Å²) in [5.41, 5.74) is -0.429. The molecule has 7 heteroatoms. The van der Waals surface area contributed by atoms with Crippen molar-refractivity contribution in [2.75, 3.05) is 16.8 Å². The van der Waals surface area contributed by atoms with Crippen molar-refractivity contribution in [1.82, 2.24) is 0 Å². The van der Waals surface area contributed by atoms with E-state index in [2.05, 4.69) is 5.32 Å². The quantitative estimate of drug-likeness (QED) is 0.858. The highest BCUT2D eigenvalue weighted by atomic mass is 19.1. The predicted molar refractivity (Wildman–Crippen MR) is 93.3 cm³/mol. The molecule has 2 amide bonds. The Morgan fingerprint density at radius 2 is 1.77 bits per heavy atom. The highest BCUT2D eigenvalue weighted by molar-refractivity contribution is 6.14. The summed E-state index contributed by atoms with van der Waals surface area (Å²) in [6.45, 7) is 2.57. The Bertz CT molecular complexity index is 895. The van der Waals surface area contributed by atoms with Gasteiger partial charge in [0, 0.05) is 0 Å². The number of esters is 1. The lowest BCUT2D eigenvalue weighted by atomic mass is 9.96. The maximum atomic E-state index is 13.6. The molecule has 0 saturated heterocycles. The van der Waals surface area contributed by atoms with Gasteiger partial charge in [0.15, 0.2) is 6.61 Å². The molecule has 134 valence electrons. The fraction of sp³-hybridized carbons (Fsp3) is 0.211. The van der Waals surface area contributed by atoms with Gasteiger partial charge in [0.1, 0.15) is 11.4 Å². The number of halogens is 1. The number of nitrogens with zero attached hydrogens (tertiary/aromatic N) is 1. The molecule has 0 saturated carbocycles. The molecule has 3 rings (SSSR count). The summed E-state index contributed by atoms with van der Waals surface area (Å²) in [5.74, 6) is -2.61. The lowest BCUT2D eigenvalue weighted by molar-refractivity contribution is -0.128. The van der Waals surface area contributed by atoms with Crippen molar-refractivity contribution in [3.05, 3.63) is 59.9 Å². The van der Waals surface area contributed by atoms with E-state index in [1.54, 1.807) is 38.1 Å². The molecule has 6 nitrogen and oxygen atoms in total. The summed E-state index contributed by atoms with van der Waals surface area (Å²) in [5, 5.41) is 2.74. The molecule has 0 fully saturated rings. The predicted octanol–water partition coefficient (Wildman–Crippen LogP) is 2.75. The number of hydrogen-bond donors (Lipinski definition) is 1. The second-order valence-corrected chi connectivity index (χ2v) is 6.32. The van der Waals surface area contributed by atoms with Crippen LogP contribution in [0, 0.1) is 5.82 Å². The first-order chi connectivity index (χ1) is 12.3. The van der Waals surface area contributed by atoms with Crippen molar-refractivity contribution in [3.8, 4) is 0 Å². The second-order valence-electron chi connectivity index (χ2n) is 6.32. The van der Waals surface area contributed by atoms with Crippen molar-refractivity contribution in [3.63, 3.8) is 0 Å². The fourth-order valence-electron chi connectivity index (χ4n) is 2.79. The highest BCUT2D eigenvalue weighted by Crippen LogP contribution is 2.36. The molecular weight excluding hydrogens is 339 g/mol. The van der Waals surface area contributed by atoms with E-state index in [0.29, 0.717) is 11.4 Å². The summed E-state index contributed by atoms with van der Waals surface area (Å²) in [6, 6.07) is 12.2. The van der Waals surface area contributed by atoms with E-state index in [9.17, 15) is 18.8 Å². The van der Waals surface area contributed by atoms with Crippen LogP contribution in [0.1, 0.15) is 24.2 Å². The fourth-order valence-corrected chi connectivity index (χ4v) is 2.79. The molecule has 0 bridgehead atoms. The van der Waals surface area contributed by atoms with Crippen molar-refractivity contribution >= 4 is 29.2 Å². The number of carbonyl (C=O) groups excluding carboxylic acids is 3. The number of benzene rings is 2. The maximum Gasteiger partial charge on any atom is 0.341 e. The average molecular weight is 356 g/mol. The van der Waals surface area contributed by atoms with Crippen molar-refractivity contribution < 1.29 is 23.5 Å². The number of amides is 2. The highest BCUT2D eigenvalue weighted by Gasteiger charge is 2.43. The first-order valence-corrected chi connectivity index (χ1v) is 7.97. The summed E-state index contributed by atoms with van der Waals surface area (Å²) in [7, 11) is 0. The van der Waals surface area contributed by atoms with Crippen LogP contribution in [0.15, 0.2) is 48.5 Å². The Hall–Kier alpha value is -3.22. The molecule has 1 aliphatic heterocycles. The molecule has 26 heavy (non-hydrogen) atoms. The normalized spacial score (nSPS) is 15.0. The second kappa shape index (κ2) is 6.59. The van der Waals surface area contributed by atoms with Gasteiger partial charge in [0.25, 0.3) is 5.91 Å². The maximum absolute atomic E-state index is 13.6. The summed E-state index contributed by atoms with van der Waals surface area (Å²) < 4.78 is 18.6. The minimum Gasteiger partial charge on any atom is -0.452 e. The van der Waals surface area contributed by atoms with Gasteiger partial charge in [0.2, 0.25) is 5.91 Å². The average Bonchev–Trinajstić information content (AvgIpc) is 2.60. The van der Waals surface area contributed by atoms with E-state index < -0.39 is 29.8 Å². The lowest BCUT2D eigenvalue weighted by Gasteiger charge is -2.41. The van der Waals surface area contributed by atoms with E-state index in [1.807, 2.05) is 0 Å². The van der Waals surface area contributed by atoms with Crippen LogP contribution in [0.2, 0.25) is 0 Å². The zero-order chi connectivity index (χ0) is 18.9.